The predicted molar refractivity (Wildman–Crippen MR) is 23.6 cm³/mol. The van der Waals surface area contributed by atoms with Gasteiger partial charge in [-0.25, -0.2) is 9.78 Å². The zero-order chi connectivity index (χ0) is 4.99. The normalized spacial score (nSPS) is 10.0. The standard InChI is InChI=1S/C2H4Cl2O2/c1-5-6-2(3)4/h2H,1H3. The number of halogens is 2. The molecule has 2 nitrogen and oxygen atoms in total. The quantitative estimate of drug-likeness (QED) is 0.319. The lowest BCUT2D eigenvalue weighted by molar-refractivity contribution is -0.267. The van der Waals surface area contributed by atoms with Crippen molar-refractivity contribution in [2.24, 2.45) is 0 Å². The van der Waals surface area contributed by atoms with Crippen molar-refractivity contribution in [1.29, 1.82) is 0 Å². The van der Waals surface area contributed by atoms with Crippen LogP contribution in [-0.4, -0.2) is 12.1 Å². The fourth-order valence-electron chi connectivity index (χ4n) is 0.0727. The van der Waals surface area contributed by atoms with Gasteiger partial charge in [-0.15, -0.1) is 0 Å². The van der Waals surface area contributed by atoms with Gasteiger partial charge < -0.3 is 0 Å². The van der Waals surface area contributed by atoms with E-state index >= 15 is 0 Å². The summed E-state index contributed by atoms with van der Waals surface area (Å²) in [6, 6.07) is 0. The molecule has 0 spiro atoms. The zero-order valence-electron chi connectivity index (χ0n) is 3.15. The summed E-state index contributed by atoms with van der Waals surface area (Å²) in [5, 5.41) is -0.880. The molecule has 0 rings (SSSR count). The van der Waals surface area contributed by atoms with Gasteiger partial charge in [0.25, 0.3) is 0 Å². The van der Waals surface area contributed by atoms with Gasteiger partial charge >= 0.3 is 0 Å². The summed E-state index contributed by atoms with van der Waals surface area (Å²) in [5.41, 5.74) is 0. The molecule has 0 atom stereocenters. The lowest BCUT2D eigenvalue weighted by Crippen LogP contribution is -1.92. The van der Waals surface area contributed by atoms with Crippen LogP contribution in [0.2, 0.25) is 0 Å². The predicted octanol–water partition coefficient (Wildman–Crippen LogP) is 1.33. The van der Waals surface area contributed by atoms with Gasteiger partial charge in [0, 0.05) is 0 Å². The van der Waals surface area contributed by atoms with Crippen LogP contribution in [0.5, 0.6) is 0 Å². The Kier molecular flexibility index (Phi) is 3.99. The second-order valence-electron chi connectivity index (χ2n) is 0.524. The minimum Gasteiger partial charge on any atom is -0.237 e. The van der Waals surface area contributed by atoms with Crippen molar-refractivity contribution in [3.05, 3.63) is 0 Å². The Morgan fingerprint density at radius 3 is 2.00 bits per heavy atom. The van der Waals surface area contributed by atoms with E-state index in [2.05, 4.69) is 9.78 Å². The van der Waals surface area contributed by atoms with Crippen LogP contribution in [0.3, 0.4) is 0 Å². The van der Waals surface area contributed by atoms with Crippen molar-refractivity contribution in [3.8, 4) is 0 Å². The molecule has 0 saturated carbocycles. The summed E-state index contributed by atoms with van der Waals surface area (Å²) < 4.78 is 0. The summed E-state index contributed by atoms with van der Waals surface area (Å²) in [4.78, 5) is 8.11. The van der Waals surface area contributed by atoms with Crippen LogP contribution >= 0.6 is 23.2 Å². The van der Waals surface area contributed by atoms with Crippen molar-refractivity contribution in [2.75, 3.05) is 7.11 Å². The Morgan fingerprint density at radius 2 is 2.00 bits per heavy atom. The topological polar surface area (TPSA) is 18.5 Å². The van der Waals surface area contributed by atoms with Crippen molar-refractivity contribution in [3.63, 3.8) is 0 Å². The average Bonchev–Trinajstić information content (AvgIpc) is 1.35. The van der Waals surface area contributed by atoms with Gasteiger partial charge in [-0.05, 0) is 0 Å². The van der Waals surface area contributed by atoms with Crippen molar-refractivity contribution < 1.29 is 9.78 Å². The summed E-state index contributed by atoms with van der Waals surface area (Å²) in [6.07, 6.45) is 0. The largest absolute Gasteiger partial charge is 0.239 e. The van der Waals surface area contributed by atoms with E-state index in [0.717, 1.165) is 0 Å². The zero-order valence-corrected chi connectivity index (χ0v) is 4.66. The van der Waals surface area contributed by atoms with Crippen LogP contribution in [0.15, 0.2) is 0 Å². The minimum absolute atomic E-state index is 0.880. The first-order valence-corrected chi connectivity index (χ1v) is 2.12. The molecule has 0 aliphatic heterocycles. The first-order valence-electron chi connectivity index (χ1n) is 1.25. The molecule has 0 bridgehead atoms. The van der Waals surface area contributed by atoms with Gasteiger partial charge in [-0.1, -0.05) is 23.2 Å². The lowest BCUT2D eigenvalue weighted by Gasteiger charge is -1.94. The number of hydrogen-bond acceptors (Lipinski definition) is 2. The average molecular weight is 131 g/mol. The summed E-state index contributed by atoms with van der Waals surface area (Å²) >= 11 is 9.99. The van der Waals surface area contributed by atoms with E-state index in [9.17, 15) is 0 Å². The molecule has 0 radical (unpaired) electrons. The Hall–Kier alpha value is 0.500. The highest BCUT2D eigenvalue weighted by molar-refractivity contribution is 6.43. The maximum absolute atomic E-state index is 5.00. The highest BCUT2D eigenvalue weighted by Gasteiger charge is 1.92. The van der Waals surface area contributed by atoms with Crippen molar-refractivity contribution >= 4 is 23.2 Å². The molecule has 0 aliphatic carbocycles. The summed E-state index contributed by atoms with van der Waals surface area (Å²) in [7, 11) is 1.33. The Bertz CT molecular complexity index is 30.7. The third-order valence-electron chi connectivity index (χ3n) is 0.169. The molecular formula is C2H4Cl2O2. The monoisotopic (exact) mass is 130 g/mol. The highest BCUT2D eigenvalue weighted by atomic mass is 35.5. The van der Waals surface area contributed by atoms with Crippen LogP contribution in [-0.2, 0) is 9.78 Å². The van der Waals surface area contributed by atoms with Crippen LogP contribution in [0, 0.1) is 0 Å². The van der Waals surface area contributed by atoms with E-state index in [-0.39, 0.29) is 0 Å². The highest BCUT2D eigenvalue weighted by Crippen LogP contribution is 2.01. The molecule has 6 heavy (non-hydrogen) atoms. The molecule has 0 aromatic rings. The van der Waals surface area contributed by atoms with Gasteiger partial charge in [0.15, 0.2) is 0 Å². The summed E-state index contributed by atoms with van der Waals surface area (Å²) in [6.45, 7) is 0. The Morgan fingerprint density at radius 1 is 1.50 bits per heavy atom. The van der Waals surface area contributed by atoms with E-state index in [1.807, 2.05) is 0 Å². The van der Waals surface area contributed by atoms with E-state index in [0.29, 0.717) is 0 Å². The van der Waals surface area contributed by atoms with Crippen molar-refractivity contribution in [1.82, 2.24) is 0 Å². The number of hydrogen-bond donors (Lipinski definition) is 0. The van der Waals surface area contributed by atoms with E-state index in [1.54, 1.807) is 0 Å². The van der Waals surface area contributed by atoms with Crippen LogP contribution < -0.4 is 0 Å². The Balaban J connectivity index is 2.63. The molecular weight excluding hydrogens is 127 g/mol. The number of alkyl halides is 2. The first-order chi connectivity index (χ1) is 2.77. The molecule has 0 unspecified atom stereocenters. The lowest BCUT2D eigenvalue weighted by atomic mass is 11.7. The molecule has 0 saturated heterocycles. The van der Waals surface area contributed by atoms with E-state index in [4.69, 9.17) is 23.2 Å². The van der Waals surface area contributed by atoms with Crippen molar-refractivity contribution in [2.45, 2.75) is 5.02 Å². The maximum Gasteiger partial charge on any atom is 0.239 e. The smallest absolute Gasteiger partial charge is 0.237 e. The molecule has 0 aromatic heterocycles. The Labute approximate surface area is 45.9 Å². The summed E-state index contributed by atoms with van der Waals surface area (Å²) in [5.74, 6) is 0. The second kappa shape index (κ2) is 3.68. The van der Waals surface area contributed by atoms with Crippen LogP contribution in [0.4, 0.5) is 0 Å². The van der Waals surface area contributed by atoms with Crippen LogP contribution in [0.1, 0.15) is 0 Å². The van der Waals surface area contributed by atoms with E-state index < -0.39 is 5.02 Å². The molecule has 0 N–H and O–H groups in total. The second-order valence-corrected chi connectivity index (χ2v) is 1.54. The van der Waals surface area contributed by atoms with Gasteiger partial charge in [0.2, 0.25) is 5.02 Å². The van der Waals surface area contributed by atoms with Crippen LogP contribution in [0.25, 0.3) is 0 Å². The third-order valence-corrected chi connectivity index (χ3v) is 0.314. The third kappa shape index (κ3) is 4.50. The van der Waals surface area contributed by atoms with E-state index in [1.165, 1.54) is 7.11 Å². The fraction of sp³-hybridized carbons (Fsp3) is 1.00. The molecule has 0 aromatic carbocycles. The molecule has 38 valence electrons. The molecule has 0 amide bonds. The molecule has 0 aliphatic rings. The molecule has 0 fully saturated rings. The fourth-order valence-corrected chi connectivity index (χ4v) is 0.218. The van der Waals surface area contributed by atoms with Gasteiger partial charge in [0.05, 0.1) is 7.11 Å². The minimum atomic E-state index is -0.880. The number of rotatable bonds is 2. The van der Waals surface area contributed by atoms with Gasteiger partial charge in [0.1, 0.15) is 0 Å². The molecule has 0 heterocycles. The maximum atomic E-state index is 5.00. The SMILES string of the molecule is COOC(Cl)Cl. The first kappa shape index (κ1) is 6.50. The molecule has 4 heteroatoms. The van der Waals surface area contributed by atoms with Gasteiger partial charge in [-0.3, -0.25) is 0 Å². The van der Waals surface area contributed by atoms with Gasteiger partial charge in [-0.2, -0.15) is 0 Å².